The highest BCUT2D eigenvalue weighted by Crippen LogP contribution is 2.33. The molecular formula is C15H24S3. The third-order valence-corrected chi connectivity index (χ3v) is 4.67. The van der Waals surface area contributed by atoms with Crippen LogP contribution in [0.15, 0.2) is 0 Å². The van der Waals surface area contributed by atoms with Gasteiger partial charge in [0.1, 0.15) is 0 Å². The van der Waals surface area contributed by atoms with Crippen molar-refractivity contribution in [2.45, 2.75) is 57.3 Å². The molecule has 1 aromatic carbocycles. The van der Waals surface area contributed by atoms with Gasteiger partial charge in [-0.15, -0.1) is 0 Å². The SMILES string of the molecule is CCc1c(CS)c(CC)c(CS)c(CC)c1CS. The van der Waals surface area contributed by atoms with E-state index >= 15 is 0 Å². The van der Waals surface area contributed by atoms with Crippen molar-refractivity contribution in [3.8, 4) is 0 Å². The standard InChI is InChI=1S/C15H24S3/c1-4-10-13(7-16)11(5-2)15(9-18)12(6-3)14(10)8-17/h16-18H,4-9H2,1-3H3. The lowest BCUT2D eigenvalue weighted by atomic mass is 9.85. The molecule has 0 heterocycles. The molecule has 0 fully saturated rings. The molecule has 0 saturated carbocycles. The van der Waals surface area contributed by atoms with Gasteiger partial charge in [-0.25, -0.2) is 0 Å². The van der Waals surface area contributed by atoms with Crippen LogP contribution in [-0.4, -0.2) is 0 Å². The summed E-state index contributed by atoms with van der Waals surface area (Å²) in [6, 6.07) is 0. The molecule has 0 nitrogen and oxygen atoms in total. The van der Waals surface area contributed by atoms with Gasteiger partial charge in [-0.3, -0.25) is 0 Å². The molecule has 0 amide bonds. The second kappa shape index (κ2) is 7.76. The Morgan fingerprint density at radius 2 is 0.722 bits per heavy atom. The van der Waals surface area contributed by atoms with Crippen LogP contribution in [0.5, 0.6) is 0 Å². The van der Waals surface area contributed by atoms with Crippen LogP contribution in [0.4, 0.5) is 0 Å². The molecule has 1 aromatic rings. The lowest BCUT2D eigenvalue weighted by Gasteiger charge is -2.24. The average Bonchev–Trinajstić information content (AvgIpc) is 2.43. The van der Waals surface area contributed by atoms with E-state index in [1.54, 1.807) is 0 Å². The molecule has 3 heteroatoms. The van der Waals surface area contributed by atoms with E-state index in [4.69, 9.17) is 0 Å². The molecule has 0 unspecified atom stereocenters. The number of thiol groups is 3. The maximum absolute atomic E-state index is 4.54. The largest absolute Gasteiger partial charge is 0.175 e. The zero-order chi connectivity index (χ0) is 13.7. The number of hydrogen-bond donors (Lipinski definition) is 3. The molecule has 0 saturated heterocycles. The molecule has 18 heavy (non-hydrogen) atoms. The maximum Gasteiger partial charge on any atom is 0.0159 e. The first-order valence-electron chi connectivity index (χ1n) is 6.69. The second-order valence-corrected chi connectivity index (χ2v) is 5.36. The molecule has 0 N–H and O–H groups in total. The minimum atomic E-state index is 0.817. The maximum atomic E-state index is 4.54. The normalized spacial score (nSPS) is 11.0. The molecule has 0 radical (unpaired) electrons. The average molecular weight is 301 g/mol. The minimum Gasteiger partial charge on any atom is -0.175 e. The highest BCUT2D eigenvalue weighted by Gasteiger charge is 2.18. The van der Waals surface area contributed by atoms with E-state index in [1.165, 1.54) is 33.4 Å². The molecule has 102 valence electrons. The minimum absolute atomic E-state index is 0.817. The van der Waals surface area contributed by atoms with Crippen molar-refractivity contribution in [1.82, 2.24) is 0 Å². The number of hydrogen-bond acceptors (Lipinski definition) is 3. The van der Waals surface area contributed by atoms with E-state index in [1.807, 2.05) is 0 Å². The summed E-state index contributed by atoms with van der Waals surface area (Å²) in [6.45, 7) is 6.69. The van der Waals surface area contributed by atoms with Gasteiger partial charge >= 0.3 is 0 Å². The summed E-state index contributed by atoms with van der Waals surface area (Å²) in [4.78, 5) is 0. The van der Waals surface area contributed by atoms with E-state index in [0.717, 1.165) is 36.5 Å². The summed E-state index contributed by atoms with van der Waals surface area (Å²) in [5.41, 5.74) is 8.69. The van der Waals surface area contributed by atoms with Gasteiger partial charge in [-0.2, -0.15) is 37.9 Å². The van der Waals surface area contributed by atoms with Gasteiger partial charge in [-0.05, 0) is 52.6 Å². The Morgan fingerprint density at radius 3 is 0.833 bits per heavy atom. The second-order valence-electron chi connectivity index (χ2n) is 4.41. The Labute approximate surface area is 128 Å². The molecule has 0 aliphatic carbocycles. The van der Waals surface area contributed by atoms with Crippen LogP contribution >= 0.6 is 37.9 Å². The monoisotopic (exact) mass is 300 g/mol. The van der Waals surface area contributed by atoms with Crippen LogP contribution in [-0.2, 0) is 36.5 Å². The van der Waals surface area contributed by atoms with E-state index in [9.17, 15) is 0 Å². The van der Waals surface area contributed by atoms with E-state index in [0.29, 0.717) is 0 Å². The summed E-state index contributed by atoms with van der Waals surface area (Å²) in [5.74, 6) is 2.45. The third kappa shape index (κ3) is 2.88. The van der Waals surface area contributed by atoms with Crippen LogP contribution < -0.4 is 0 Å². The fraction of sp³-hybridized carbons (Fsp3) is 0.600. The van der Waals surface area contributed by atoms with Crippen LogP contribution in [0.3, 0.4) is 0 Å². The smallest absolute Gasteiger partial charge is 0.0159 e. The summed E-state index contributed by atoms with van der Waals surface area (Å²) in [6.07, 6.45) is 3.20. The van der Waals surface area contributed by atoms with Gasteiger partial charge in [0.25, 0.3) is 0 Å². The molecule has 1 rings (SSSR count). The fourth-order valence-corrected chi connectivity index (χ4v) is 4.09. The Morgan fingerprint density at radius 1 is 0.500 bits per heavy atom. The zero-order valence-electron chi connectivity index (χ0n) is 11.6. The first kappa shape index (κ1) is 16.3. The van der Waals surface area contributed by atoms with E-state index < -0.39 is 0 Å². The Kier molecular flexibility index (Phi) is 7.04. The van der Waals surface area contributed by atoms with Crippen LogP contribution in [0, 0.1) is 0 Å². The van der Waals surface area contributed by atoms with Crippen molar-refractivity contribution in [1.29, 1.82) is 0 Å². The summed E-state index contributed by atoms with van der Waals surface area (Å²) in [5, 5.41) is 0. The quantitative estimate of drug-likeness (QED) is 0.625. The highest BCUT2D eigenvalue weighted by molar-refractivity contribution is 7.79. The van der Waals surface area contributed by atoms with Crippen molar-refractivity contribution in [2.75, 3.05) is 0 Å². The molecule has 0 bridgehead atoms. The predicted molar refractivity (Wildman–Crippen MR) is 92.6 cm³/mol. The van der Waals surface area contributed by atoms with Gasteiger partial charge in [0.05, 0.1) is 0 Å². The summed E-state index contributed by atoms with van der Waals surface area (Å²) >= 11 is 13.6. The van der Waals surface area contributed by atoms with Crippen molar-refractivity contribution in [3.05, 3.63) is 33.4 Å². The number of benzene rings is 1. The van der Waals surface area contributed by atoms with Crippen LogP contribution in [0.25, 0.3) is 0 Å². The van der Waals surface area contributed by atoms with Crippen LogP contribution in [0.2, 0.25) is 0 Å². The zero-order valence-corrected chi connectivity index (χ0v) is 14.3. The predicted octanol–water partition coefficient (Wildman–Crippen LogP) is 4.66. The van der Waals surface area contributed by atoms with Gasteiger partial charge in [-0.1, -0.05) is 20.8 Å². The first-order chi connectivity index (χ1) is 8.69. The summed E-state index contributed by atoms with van der Waals surface area (Å²) < 4.78 is 0. The van der Waals surface area contributed by atoms with E-state index in [2.05, 4.69) is 58.7 Å². The molecular weight excluding hydrogens is 276 g/mol. The van der Waals surface area contributed by atoms with Gasteiger partial charge in [0.15, 0.2) is 0 Å². The van der Waals surface area contributed by atoms with E-state index in [-0.39, 0.29) is 0 Å². The van der Waals surface area contributed by atoms with Crippen molar-refractivity contribution in [2.24, 2.45) is 0 Å². The molecule has 0 aliphatic heterocycles. The summed E-state index contributed by atoms with van der Waals surface area (Å²) in [7, 11) is 0. The van der Waals surface area contributed by atoms with Gasteiger partial charge < -0.3 is 0 Å². The number of rotatable bonds is 6. The Balaban J connectivity index is 3.71. The fourth-order valence-electron chi connectivity index (χ4n) is 2.95. The molecule has 0 atom stereocenters. The van der Waals surface area contributed by atoms with Crippen molar-refractivity contribution in [3.63, 3.8) is 0 Å². The topological polar surface area (TPSA) is 0 Å². The lowest BCUT2D eigenvalue weighted by molar-refractivity contribution is 0.949. The van der Waals surface area contributed by atoms with Gasteiger partial charge in [0.2, 0.25) is 0 Å². The molecule has 0 aromatic heterocycles. The molecule has 0 aliphatic rings. The Bertz CT molecular complexity index is 290. The Hall–Kier alpha value is 0.270. The van der Waals surface area contributed by atoms with Crippen molar-refractivity contribution < 1.29 is 0 Å². The van der Waals surface area contributed by atoms with Gasteiger partial charge in [0, 0.05) is 17.3 Å². The first-order valence-corrected chi connectivity index (χ1v) is 8.59. The van der Waals surface area contributed by atoms with Crippen molar-refractivity contribution >= 4 is 37.9 Å². The highest BCUT2D eigenvalue weighted by atomic mass is 32.1. The third-order valence-electron chi connectivity index (χ3n) is 3.72. The lowest BCUT2D eigenvalue weighted by Crippen LogP contribution is -2.10. The molecule has 0 spiro atoms. The van der Waals surface area contributed by atoms with Crippen LogP contribution in [0.1, 0.15) is 54.2 Å².